The van der Waals surface area contributed by atoms with Crippen molar-refractivity contribution in [3.63, 3.8) is 0 Å². The second-order valence-corrected chi connectivity index (χ2v) is 3.35. The fourth-order valence-corrected chi connectivity index (χ4v) is 0.956. The average molecular weight is 295 g/mol. The van der Waals surface area contributed by atoms with E-state index in [2.05, 4.69) is 4.74 Å². The van der Waals surface area contributed by atoms with Gasteiger partial charge in [0.15, 0.2) is 11.6 Å². The van der Waals surface area contributed by atoms with Gasteiger partial charge in [-0.2, -0.15) is 17.6 Å². The highest BCUT2D eigenvalue weighted by molar-refractivity contribution is 5.46. The molecule has 0 aliphatic rings. The third-order valence-electron chi connectivity index (χ3n) is 1.95. The van der Waals surface area contributed by atoms with Crippen molar-refractivity contribution in [1.82, 2.24) is 0 Å². The van der Waals surface area contributed by atoms with Crippen LogP contribution in [0.3, 0.4) is 0 Å². The van der Waals surface area contributed by atoms with Crippen LogP contribution in [0.1, 0.15) is 0 Å². The Labute approximate surface area is 100 Å². The number of rotatable bonds is 4. The molecule has 0 aromatic heterocycles. The average Bonchev–Trinajstić information content (AvgIpc) is 2.25. The van der Waals surface area contributed by atoms with Crippen LogP contribution in [0.2, 0.25) is 0 Å². The van der Waals surface area contributed by atoms with Gasteiger partial charge in [-0.25, -0.2) is 17.6 Å². The van der Waals surface area contributed by atoms with Crippen LogP contribution in [-0.4, -0.2) is 18.5 Å². The van der Waals surface area contributed by atoms with Crippen molar-refractivity contribution in [2.24, 2.45) is 0 Å². The minimum atomic E-state index is -5.86. The Bertz CT molecular complexity index is 476. The molecule has 0 spiro atoms. The van der Waals surface area contributed by atoms with Gasteiger partial charge in [-0.3, -0.25) is 0 Å². The van der Waals surface area contributed by atoms with Gasteiger partial charge in [-0.1, -0.05) is 0 Å². The normalized spacial score (nSPS) is 12.9. The number of alkyl halides is 6. The lowest BCUT2D eigenvalue weighted by Crippen LogP contribution is -2.50. The van der Waals surface area contributed by atoms with E-state index in [0.29, 0.717) is 0 Å². The highest BCUT2D eigenvalue weighted by atomic mass is 19.3. The van der Waals surface area contributed by atoms with Crippen molar-refractivity contribution < 1.29 is 39.9 Å². The number of hydrogen-bond acceptors (Lipinski definition) is 2. The van der Waals surface area contributed by atoms with E-state index in [4.69, 9.17) is 5.73 Å². The molecule has 0 fully saturated rings. The van der Waals surface area contributed by atoms with Crippen LogP contribution in [0.4, 0.5) is 40.8 Å². The molecule has 0 bridgehead atoms. The largest absolute Gasteiger partial charge is 0.470 e. The Balaban J connectivity index is 3.12. The highest BCUT2D eigenvalue weighted by Gasteiger charge is 2.66. The maximum Gasteiger partial charge on any atom is 0.470 e. The number of anilines is 1. The molecule has 0 aliphatic heterocycles. The lowest BCUT2D eigenvalue weighted by atomic mass is 10.2. The summed E-state index contributed by atoms with van der Waals surface area (Å²) in [5, 5.41) is 0. The molecule has 0 aliphatic carbocycles. The second-order valence-electron chi connectivity index (χ2n) is 3.35. The number of nitrogens with two attached hydrogens (primary N) is 1. The zero-order valence-electron chi connectivity index (χ0n) is 8.74. The third-order valence-corrected chi connectivity index (χ3v) is 1.95. The van der Waals surface area contributed by atoms with Gasteiger partial charge < -0.3 is 10.5 Å². The van der Waals surface area contributed by atoms with E-state index in [-0.39, 0.29) is 12.1 Å². The van der Waals surface area contributed by atoms with Gasteiger partial charge in [0.25, 0.3) is 0 Å². The smallest absolute Gasteiger partial charge is 0.425 e. The van der Waals surface area contributed by atoms with E-state index in [1.165, 1.54) is 0 Å². The van der Waals surface area contributed by atoms with E-state index in [1.54, 1.807) is 0 Å². The molecule has 108 valence electrons. The summed E-state index contributed by atoms with van der Waals surface area (Å²) in [6.07, 6.45) is -10.4. The number of hydrogen-bond donors (Lipinski definition) is 1. The molecule has 0 unspecified atom stereocenters. The number of benzene rings is 1. The van der Waals surface area contributed by atoms with Gasteiger partial charge in [0.05, 0.1) is 5.69 Å². The Morgan fingerprint density at radius 2 is 1.53 bits per heavy atom. The van der Waals surface area contributed by atoms with Crippen LogP contribution in [0, 0.1) is 11.6 Å². The lowest BCUT2D eigenvalue weighted by Gasteiger charge is -2.25. The van der Waals surface area contributed by atoms with E-state index in [9.17, 15) is 35.1 Å². The van der Waals surface area contributed by atoms with Crippen LogP contribution in [-0.2, 0) is 0 Å². The molecule has 2 nitrogen and oxygen atoms in total. The summed E-state index contributed by atoms with van der Waals surface area (Å²) in [4.78, 5) is 0. The molecule has 0 amide bonds. The van der Waals surface area contributed by atoms with Crippen LogP contribution in [0.15, 0.2) is 12.1 Å². The van der Waals surface area contributed by atoms with Gasteiger partial charge >= 0.3 is 18.5 Å². The fraction of sp³-hybridized carbons (Fsp3) is 0.333. The van der Waals surface area contributed by atoms with Gasteiger partial charge in [0.1, 0.15) is 5.82 Å². The summed E-state index contributed by atoms with van der Waals surface area (Å²) in [6, 6.07) is 0.126. The van der Waals surface area contributed by atoms with Crippen molar-refractivity contribution in [3.8, 4) is 5.75 Å². The minimum absolute atomic E-state index is 0.0126. The van der Waals surface area contributed by atoms with Crippen molar-refractivity contribution in [2.75, 3.05) is 5.73 Å². The van der Waals surface area contributed by atoms with Crippen molar-refractivity contribution >= 4 is 5.69 Å². The SMILES string of the molecule is Nc1cc(OC(F)(F)C(F)(F)C(F)F)c(F)cc1F. The van der Waals surface area contributed by atoms with Crippen LogP contribution >= 0.6 is 0 Å². The molecule has 0 atom stereocenters. The van der Waals surface area contributed by atoms with Gasteiger partial charge in [-0.15, -0.1) is 0 Å². The summed E-state index contributed by atoms with van der Waals surface area (Å²) >= 11 is 0. The topological polar surface area (TPSA) is 35.2 Å². The van der Waals surface area contributed by atoms with E-state index in [0.717, 1.165) is 0 Å². The van der Waals surface area contributed by atoms with E-state index >= 15 is 0 Å². The highest BCUT2D eigenvalue weighted by Crippen LogP contribution is 2.41. The standard InChI is InChI=1S/C9H5F8NO/c10-3-1-4(11)6(2-5(3)18)19-9(16,17)8(14,15)7(12)13/h1-2,7H,18H2. The first-order valence-electron chi connectivity index (χ1n) is 4.46. The molecule has 19 heavy (non-hydrogen) atoms. The predicted octanol–water partition coefficient (Wildman–Crippen LogP) is 3.42. The first kappa shape index (κ1) is 15.3. The Hall–Kier alpha value is -1.74. The van der Waals surface area contributed by atoms with Gasteiger partial charge in [-0.05, 0) is 0 Å². The second kappa shape index (κ2) is 4.74. The molecule has 2 N–H and O–H groups in total. The molecule has 10 heteroatoms. The van der Waals surface area contributed by atoms with Crippen molar-refractivity contribution in [2.45, 2.75) is 18.5 Å². The quantitative estimate of drug-likeness (QED) is 0.682. The zero-order valence-corrected chi connectivity index (χ0v) is 8.74. The van der Waals surface area contributed by atoms with Gasteiger partial charge in [0.2, 0.25) is 0 Å². The maximum atomic E-state index is 13.0. The van der Waals surface area contributed by atoms with Crippen molar-refractivity contribution in [3.05, 3.63) is 23.8 Å². The fourth-order valence-electron chi connectivity index (χ4n) is 0.956. The molecule has 0 saturated heterocycles. The molecular formula is C9H5F8NO. The minimum Gasteiger partial charge on any atom is -0.425 e. The van der Waals surface area contributed by atoms with Crippen molar-refractivity contribution in [1.29, 1.82) is 0 Å². The maximum absolute atomic E-state index is 13.0. The number of ether oxygens (including phenoxy) is 1. The van der Waals surface area contributed by atoms with Crippen LogP contribution < -0.4 is 10.5 Å². The monoisotopic (exact) mass is 295 g/mol. The summed E-state index contributed by atoms with van der Waals surface area (Å²) in [6.45, 7) is 0. The Morgan fingerprint density at radius 1 is 1.00 bits per heavy atom. The molecular weight excluding hydrogens is 290 g/mol. The van der Waals surface area contributed by atoms with Crippen LogP contribution in [0.25, 0.3) is 0 Å². The molecule has 0 saturated carbocycles. The molecule has 0 heterocycles. The summed E-state index contributed by atoms with van der Waals surface area (Å²) in [5.74, 6) is -10.6. The number of nitrogen functional groups attached to an aromatic ring is 1. The number of halogens is 8. The summed E-state index contributed by atoms with van der Waals surface area (Å²) in [5.41, 5.74) is 3.99. The molecule has 0 radical (unpaired) electrons. The first-order valence-corrected chi connectivity index (χ1v) is 4.46. The summed E-state index contributed by atoms with van der Waals surface area (Å²) in [7, 11) is 0. The molecule has 1 aromatic rings. The predicted molar refractivity (Wildman–Crippen MR) is 47.3 cm³/mol. The Morgan fingerprint density at radius 3 is 2.00 bits per heavy atom. The molecule has 1 rings (SSSR count). The van der Waals surface area contributed by atoms with Crippen LogP contribution in [0.5, 0.6) is 5.75 Å². The zero-order chi connectivity index (χ0) is 15.0. The first-order chi connectivity index (χ1) is 8.49. The van der Waals surface area contributed by atoms with E-state index in [1.807, 2.05) is 0 Å². The lowest BCUT2D eigenvalue weighted by molar-refractivity contribution is -0.342. The summed E-state index contributed by atoms with van der Waals surface area (Å²) < 4.78 is 103. The van der Waals surface area contributed by atoms with E-state index < -0.39 is 41.5 Å². The third kappa shape index (κ3) is 2.82. The van der Waals surface area contributed by atoms with Gasteiger partial charge in [0, 0.05) is 12.1 Å². The molecule has 1 aromatic carbocycles. The Kier molecular flexibility index (Phi) is 3.82.